The maximum Gasteiger partial charge on any atom is 0.319 e. The molecule has 0 saturated heterocycles. The summed E-state index contributed by atoms with van der Waals surface area (Å²) in [6.45, 7) is -2.61. The smallest absolute Gasteiger partial charge is 0.319 e. The number of alkyl halides is 2. The summed E-state index contributed by atoms with van der Waals surface area (Å²) in [7, 11) is 1.47. The first-order valence-electron chi connectivity index (χ1n) is 7.85. The molecule has 0 fully saturated rings. The Balaban J connectivity index is 1.80. The lowest BCUT2D eigenvalue weighted by molar-refractivity contribution is 0.0750. The number of para-hydroxylation sites is 1. The molecule has 2 N–H and O–H groups in total. The van der Waals surface area contributed by atoms with E-state index in [9.17, 15) is 18.4 Å². The van der Waals surface area contributed by atoms with Crippen LogP contribution in [0, 0.1) is 0 Å². The Morgan fingerprint density at radius 1 is 1.08 bits per heavy atom. The molecule has 0 saturated carbocycles. The Kier molecular flexibility index (Phi) is 4.92. The Hall–Kier alpha value is -3.29. The molecule has 0 atom stereocenters. The normalized spacial score (nSPS) is 10.9. The second kappa shape index (κ2) is 7.30. The highest BCUT2D eigenvalue weighted by atomic mass is 19.3. The molecule has 6 nitrogen and oxygen atoms in total. The molecule has 2 aromatic heterocycles. The van der Waals surface area contributed by atoms with Gasteiger partial charge in [0.15, 0.2) is 0 Å². The predicted octanol–water partition coefficient (Wildman–Crippen LogP) is 2.72. The van der Waals surface area contributed by atoms with Gasteiger partial charge in [-0.1, -0.05) is 24.3 Å². The van der Waals surface area contributed by atoms with Gasteiger partial charge in [-0.15, -0.1) is 0 Å². The molecule has 26 heavy (non-hydrogen) atoms. The molecule has 0 aliphatic rings. The average molecular weight is 358 g/mol. The Morgan fingerprint density at radius 3 is 2.46 bits per heavy atom. The fourth-order valence-corrected chi connectivity index (χ4v) is 2.66. The Bertz CT molecular complexity index is 969. The summed E-state index contributed by atoms with van der Waals surface area (Å²) >= 11 is 0. The van der Waals surface area contributed by atoms with Gasteiger partial charge >= 0.3 is 6.55 Å². The zero-order valence-electron chi connectivity index (χ0n) is 13.9. The first kappa shape index (κ1) is 17.5. The van der Waals surface area contributed by atoms with Crippen LogP contribution in [0.1, 0.15) is 33.1 Å². The number of halogens is 2. The number of carbonyl (C=O) groups excluding carboxylic acids is 2. The van der Waals surface area contributed by atoms with Crippen molar-refractivity contribution in [2.75, 3.05) is 7.05 Å². The van der Waals surface area contributed by atoms with E-state index in [1.807, 2.05) is 0 Å². The maximum absolute atomic E-state index is 13.2. The van der Waals surface area contributed by atoms with E-state index >= 15 is 0 Å². The topological polar surface area (TPSA) is 76.0 Å². The lowest BCUT2D eigenvalue weighted by Gasteiger charge is -2.05. The molecule has 0 unspecified atom stereocenters. The highest BCUT2D eigenvalue weighted by Crippen LogP contribution is 2.25. The summed E-state index contributed by atoms with van der Waals surface area (Å²) in [6, 6.07) is 11.3. The number of nitrogens with zero attached hydrogens (tertiary/aromatic N) is 2. The van der Waals surface area contributed by atoms with Crippen LogP contribution in [-0.2, 0) is 6.54 Å². The molecule has 134 valence electrons. The third-order valence-electron chi connectivity index (χ3n) is 3.91. The Labute approximate surface area is 147 Å². The van der Waals surface area contributed by atoms with Gasteiger partial charge in [-0.2, -0.15) is 8.78 Å². The first-order chi connectivity index (χ1) is 12.5. The number of aromatic nitrogens is 2. The summed E-state index contributed by atoms with van der Waals surface area (Å²) in [5.74, 6) is -0.899. The van der Waals surface area contributed by atoms with Crippen LogP contribution in [0.25, 0.3) is 10.9 Å². The Morgan fingerprint density at radius 2 is 1.77 bits per heavy atom. The molecule has 0 bridgehead atoms. The van der Waals surface area contributed by atoms with Crippen molar-refractivity contribution in [1.29, 1.82) is 0 Å². The minimum atomic E-state index is -2.67. The minimum Gasteiger partial charge on any atom is -0.354 e. The van der Waals surface area contributed by atoms with Crippen molar-refractivity contribution in [3.63, 3.8) is 0 Å². The number of amides is 2. The van der Waals surface area contributed by atoms with Crippen LogP contribution in [-0.4, -0.2) is 28.4 Å². The van der Waals surface area contributed by atoms with Gasteiger partial charge in [0.05, 0.1) is 5.52 Å². The van der Waals surface area contributed by atoms with E-state index in [0.29, 0.717) is 16.5 Å². The lowest BCUT2D eigenvalue weighted by Crippen LogP contribution is -2.25. The molecule has 2 heterocycles. The molecule has 3 aromatic rings. The quantitative estimate of drug-likeness (QED) is 0.736. The van der Waals surface area contributed by atoms with Crippen molar-refractivity contribution in [3.05, 3.63) is 65.6 Å². The van der Waals surface area contributed by atoms with Crippen LogP contribution in [0.3, 0.4) is 0 Å². The SMILES string of the molecule is CNC(=O)c1cccc(C(=O)NCc2cn(C(F)F)c3ccccc23)n1. The predicted molar refractivity (Wildman–Crippen MR) is 92.0 cm³/mol. The van der Waals surface area contributed by atoms with Gasteiger partial charge in [0.1, 0.15) is 11.4 Å². The number of nitrogens with one attached hydrogen (secondary N) is 2. The van der Waals surface area contributed by atoms with Crippen molar-refractivity contribution >= 4 is 22.7 Å². The number of benzene rings is 1. The summed E-state index contributed by atoms with van der Waals surface area (Å²) < 4.78 is 27.2. The number of rotatable bonds is 5. The highest BCUT2D eigenvalue weighted by Gasteiger charge is 2.16. The maximum atomic E-state index is 13.2. The minimum absolute atomic E-state index is 0.0605. The number of hydrogen-bond donors (Lipinski definition) is 2. The molecule has 1 aromatic carbocycles. The van der Waals surface area contributed by atoms with Gasteiger partial charge in [0, 0.05) is 25.2 Å². The number of hydrogen-bond acceptors (Lipinski definition) is 3. The van der Waals surface area contributed by atoms with E-state index in [0.717, 1.165) is 4.57 Å². The first-order valence-corrected chi connectivity index (χ1v) is 7.85. The molecular weight excluding hydrogens is 342 g/mol. The molecule has 0 aliphatic heterocycles. The van der Waals surface area contributed by atoms with Crippen LogP contribution < -0.4 is 10.6 Å². The van der Waals surface area contributed by atoms with Crippen LogP contribution in [0.5, 0.6) is 0 Å². The van der Waals surface area contributed by atoms with E-state index in [-0.39, 0.29) is 17.9 Å². The number of carbonyl (C=O) groups is 2. The number of pyridine rings is 1. The summed E-state index contributed by atoms with van der Waals surface area (Å²) in [4.78, 5) is 27.9. The van der Waals surface area contributed by atoms with E-state index in [1.165, 1.54) is 25.4 Å². The van der Waals surface area contributed by atoms with Gasteiger partial charge in [0.2, 0.25) is 0 Å². The molecule has 2 amide bonds. The molecule has 0 aliphatic carbocycles. The van der Waals surface area contributed by atoms with E-state index < -0.39 is 18.4 Å². The fraction of sp³-hybridized carbons (Fsp3) is 0.167. The zero-order valence-corrected chi connectivity index (χ0v) is 13.9. The lowest BCUT2D eigenvalue weighted by atomic mass is 10.2. The second-order valence-corrected chi connectivity index (χ2v) is 5.53. The van der Waals surface area contributed by atoms with Crippen molar-refractivity contribution in [3.8, 4) is 0 Å². The zero-order chi connectivity index (χ0) is 18.7. The van der Waals surface area contributed by atoms with Gasteiger partial charge in [-0.25, -0.2) is 4.98 Å². The van der Waals surface area contributed by atoms with Gasteiger partial charge in [-0.05, 0) is 23.8 Å². The summed E-state index contributed by atoms with van der Waals surface area (Å²) in [6.07, 6.45) is 1.32. The third-order valence-corrected chi connectivity index (χ3v) is 3.91. The average Bonchev–Trinajstić information content (AvgIpc) is 3.04. The molecule has 0 spiro atoms. The third kappa shape index (κ3) is 3.39. The van der Waals surface area contributed by atoms with Crippen molar-refractivity contribution in [1.82, 2.24) is 20.2 Å². The van der Waals surface area contributed by atoms with E-state index in [1.54, 1.807) is 30.3 Å². The highest BCUT2D eigenvalue weighted by molar-refractivity contribution is 5.96. The number of fused-ring (bicyclic) bond motifs is 1. The molecule has 0 radical (unpaired) electrons. The van der Waals surface area contributed by atoms with Crippen molar-refractivity contribution in [2.45, 2.75) is 13.1 Å². The summed E-state index contributed by atoms with van der Waals surface area (Å²) in [5.41, 5.74) is 1.15. The second-order valence-electron chi connectivity index (χ2n) is 5.53. The van der Waals surface area contributed by atoms with E-state index in [2.05, 4.69) is 15.6 Å². The largest absolute Gasteiger partial charge is 0.354 e. The van der Waals surface area contributed by atoms with Crippen LogP contribution in [0.4, 0.5) is 8.78 Å². The fourth-order valence-electron chi connectivity index (χ4n) is 2.66. The standard InChI is InChI=1S/C18H16F2N4O2/c1-21-16(25)13-6-4-7-14(23-13)17(26)22-9-11-10-24(18(19)20)15-8-3-2-5-12(11)15/h2-8,10,18H,9H2,1H3,(H,21,25)(H,22,26). The molecular formula is C18H16F2N4O2. The molecule has 3 rings (SSSR count). The van der Waals surface area contributed by atoms with Crippen LogP contribution in [0.15, 0.2) is 48.7 Å². The summed E-state index contributed by atoms with van der Waals surface area (Å²) in [5, 5.41) is 5.72. The van der Waals surface area contributed by atoms with E-state index in [4.69, 9.17) is 0 Å². The molecule has 8 heteroatoms. The van der Waals surface area contributed by atoms with Gasteiger partial charge in [-0.3, -0.25) is 14.2 Å². The monoisotopic (exact) mass is 358 g/mol. The van der Waals surface area contributed by atoms with Crippen LogP contribution >= 0.6 is 0 Å². The van der Waals surface area contributed by atoms with Crippen LogP contribution in [0.2, 0.25) is 0 Å². The van der Waals surface area contributed by atoms with Crippen molar-refractivity contribution < 1.29 is 18.4 Å². The van der Waals surface area contributed by atoms with Gasteiger partial charge < -0.3 is 10.6 Å². The van der Waals surface area contributed by atoms with Crippen molar-refractivity contribution in [2.24, 2.45) is 0 Å². The van der Waals surface area contributed by atoms with Gasteiger partial charge in [0.25, 0.3) is 11.8 Å².